The normalized spacial score (nSPS) is 21.1. The molecule has 44 heteroatoms. The molecule has 0 unspecified atom stereocenters. The van der Waals surface area contributed by atoms with Crippen LogP contribution in [0.1, 0.15) is 128 Å². The van der Waals surface area contributed by atoms with Crippen LogP contribution in [0.2, 0.25) is 0 Å². The van der Waals surface area contributed by atoms with Crippen LogP contribution in [0.15, 0.2) is 168 Å². The molecule has 3 fully saturated rings. The molecule has 1 aromatic heterocycles. The Labute approximate surface area is 854 Å². The fourth-order valence-corrected chi connectivity index (χ4v) is 16.0. The maximum absolute atomic E-state index is 14.0. The van der Waals surface area contributed by atoms with Crippen molar-refractivity contribution in [1.29, 1.82) is 0 Å². The number of rotatable bonds is 18. The van der Waals surface area contributed by atoms with Crippen molar-refractivity contribution in [2.75, 3.05) is 92.2 Å². The molecule has 7 aromatic rings. The molecule has 6 bridgehead atoms. The first-order chi connectivity index (χ1) is 61.6. The molecule has 0 radical (unpaired) electrons. The number of nitrogens with one attached hydrogen (secondary N) is 4. The lowest BCUT2D eigenvalue weighted by Crippen LogP contribution is -2.51. The highest BCUT2D eigenvalue weighted by Crippen LogP contribution is 2.33. The van der Waals surface area contributed by atoms with Crippen LogP contribution in [-0.4, -0.2) is 224 Å². The lowest BCUT2D eigenvalue weighted by Gasteiger charge is -2.29. The van der Waals surface area contributed by atoms with Crippen LogP contribution in [0, 0.1) is 17.8 Å². The smallest absolute Gasteiger partial charge is 0.471 e. The Morgan fingerprint density at radius 3 is 1.06 bits per heavy atom. The molecule has 0 spiro atoms. The van der Waals surface area contributed by atoms with Crippen molar-refractivity contribution in [1.82, 2.24) is 46.2 Å². The Kier molecular flexibility index (Phi) is 56.4. The van der Waals surface area contributed by atoms with Gasteiger partial charge in [0.1, 0.15) is 55.2 Å². The van der Waals surface area contributed by atoms with Crippen molar-refractivity contribution < 1.29 is 117 Å². The SMILES string of the molecule is NCC(=O)[C@@H]1COCCOc2cccc(c2)C[C@H](N2CCCC2=O)C(=O)C[C@@H](CCc2ccccc2)C(=O)N1.O=C1N[C@H](C(=O)CNC(=O)C(F)(F)F)COCCOc2cccc(c2)C[C@H](N2CCCC2=O)C(=O)C[C@H]1CCc1ccccc1.O=C1N[C@H](c2nnc(C(F)(F)F)o2)COCCOc2cccc(c2)C[C@H](N2CCCC2=O)C(=O)C[C@H]1CCc1ccccc1.S.S.S.S.S.S.S.S.S. The zero-order valence-electron chi connectivity index (χ0n) is 75.2. The highest BCUT2D eigenvalue weighted by Gasteiger charge is 2.44. The minimum atomic E-state index is -5.19. The van der Waals surface area contributed by atoms with Gasteiger partial charge < -0.3 is 74.5 Å². The fraction of sp³-hybridized carbons (Fsp3) is 0.462. The van der Waals surface area contributed by atoms with Gasteiger partial charge in [0, 0.05) is 95.2 Å². The topological polar surface area (TPSA) is 383 Å². The molecule has 756 valence electrons. The average Bonchev–Trinajstić information content (AvgIpc) is 1.67. The lowest BCUT2D eigenvalue weighted by molar-refractivity contribution is -0.173. The number of halogens is 6. The molecule has 3 saturated heterocycles. The van der Waals surface area contributed by atoms with E-state index in [0.29, 0.717) is 108 Å². The molecule has 6 N–H and O–H groups in total. The van der Waals surface area contributed by atoms with Crippen LogP contribution in [0.25, 0.3) is 0 Å². The van der Waals surface area contributed by atoms with E-state index in [1.165, 1.54) is 5.32 Å². The second-order valence-electron chi connectivity index (χ2n) is 32.1. The first-order valence-corrected chi connectivity index (χ1v) is 43.0. The molecule has 6 aliphatic rings. The summed E-state index contributed by atoms with van der Waals surface area (Å²) < 4.78 is 117. The summed E-state index contributed by atoms with van der Waals surface area (Å²) in [5.41, 5.74) is 11.0. The number of Topliss-reactive ketones (excluding diaryl/α,β-unsaturated/α-hetero) is 5. The minimum Gasteiger partial charge on any atom is -0.491 e. The monoisotopic (exact) mass is 2090 g/mol. The molecule has 0 saturated carbocycles. The van der Waals surface area contributed by atoms with E-state index < -0.39 is 121 Å². The first-order valence-electron chi connectivity index (χ1n) is 43.0. The van der Waals surface area contributed by atoms with Crippen LogP contribution >= 0.6 is 121 Å². The van der Waals surface area contributed by atoms with E-state index in [9.17, 15) is 83.9 Å². The van der Waals surface area contributed by atoms with Gasteiger partial charge in [-0.2, -0.15) is 148 Å². The molecule has 0 aliphatic carbocycles. The second-order valence-corrected chi connectivity index (χ2v) is 32.1. The van der Waals surface area contributed by atoms with Gasteiger partial charge in [0.15, 0.2) is 28.9 Å². The average molecular weight is 2090 g/mol. The van der Waals surface area contributed by atoms with Gasteiger partial charge in [-0.25, -0.2) is 0 Å². The first kappa shape index (κ1) is 124. The van der Waals surface area contributed by atoms with E-state index in [2.05, 4.69) is 26.1 Å². The van der Waals surface area contributed by atoms with Crippen molar-refractivity contribution >= 4 is 192 Å². The number of aryl methyl sites for hydroxylation is 3. The van der Waals surface area contributed by atoms with Crippen LogP contribution in [0.3, 0.4) is 0 Å². The summed E-state index contributed by atoms with van der Waals surface area (Å²) in [4.78, 5) is 163. The highest BCUT2D eigenvalue weighted by atomic mass is 32.1. The van der Waals surface area contributed by atoms with E-state index in [1.807, 2.05) is 127 Å². The van der Waals surface area contributed by atoms with Crippen molar-refractivity contribution in [2.24, 2.45) is 23.5 Å². The third-order valence-corrected chi connectivity index (χ3v) is 22.8. The van der Waals surface area contributed by atoms with E-state index in [0.717, 1.165) is 33.4 Å². The Bertz CT molecular complexity index is 4980. The van der Waals surface area contributed by atoms with E-state index >= 15 is 0 Å². The quantitative estimate of drug-likeness (QED) is 0.0499. The molecule has 6 aromatic carbocycles. The molecule has 13 rings (SSSR count). The number of fused-ring (bicyclic) bond motifs is 6. The molecular weight excluding hydrogens is 1960 g/mol. The number of carbonyl (C=O) groups excluding carboxylic acids is 12. The number of aromatic nitrogens is 2. The maximum Gasteiger partial charge on any atom is 0.471 e. The largest absolute Gasteiger partial charge is 0.491 e. The summed E-state index contributed by atoms with van der Waals surface area (Å²) in [6.45, 7) is 0.0386. The maximum atomic E-state index is 14.0. The number of hydrogen-bond donors (Lipinski definition) is 5. The third kappa shape index (κ3) is 38.9. The number of ketones is 5. The van der Waals surface area contributed by atoms with Gasteiger partial charge in [0.05, 0.1) is 70.9 Å². The zero-order chi connectivity index (χ0) is 91.1. The predicted octanol–water partition coefficient (Wildman–Crippen LogP) is 9.53. The van der Waals surface area contributed by atoms with Gasteiger partial charge in [0.25, 0.3) is 0 Å². The fourth-order valence-electron chi connectivity index (χ4n) is 16.0. The number of nitrogens with zero attached hydrogens (tertiary/aromatic N) is 5. The predicted molar refractivity (Wildman–Crippen MR) is 543 cm³/mol. The number of nitrogens with two attached hydrogens (primary N) is 1. The Balaban J connectivity index is 0.000000675. The van der Waals surface area contributed by atoms with E-state index in [-0.39, 0.29) is 267 Å². The van der Waals surface area contributed by atoms with Gasteiger partial charge in [-0.05, 0) is 128 Å². The van der Waals surface area contributed by atoms with Crippen LogP contribution in [0.4, 0.5) is 26.3 Å². The number of carbonyl (C=O) groups is 12. The molecule has 137 heavy (non-hydrogen) atoms. The molecule has 7 amide bonds. The second kappa shape index (κ2) is 62.3. The van der Waals surface area contributed by atoms with Crippen molar-refractivity contribution in [3.8, 4) is 17.2 Å². The number of likely N-dealkylation sites (tertiary alicyclic amines) is 3. The van der Waals surface area contributed by atoms with Crippen LogP contribution in [-0.2, 0) is 116 Å². The van der Waals surface area contributed by atoms with Crippen LogP contribution in [0.5, 0.6) is 17.2 Å². The van der Waals surface area contributed by atoms with E-state index in [1.54, 1.807) is 51.1 Å². The Morgan fingerprint density at radius 2 is 0.745 bits per heavy atom. The Morgan fingerprint density at radius 1 is 0.409 bits per heavy atom. The minimum absolute atomic E-state index is 0. The van der Waals surface area contributed by atoms with Gasteiger partial charge in [-0.1, -0.05) is 127 Å². The Hall–Kier alpha value is -8.93. The number of benzene rings is 6. The van der Waals surface area contributed by atoms with Gasteiger partial charge in [-0.15, -0.1) is 10.2 Å². The molecular formula is C93H124F6N10O19S9. The van der Waals surface area contributed by atoms with Gasteiger partial charge >= 0.3 is 24.2 Å². The molecule has 6 aliphatic heterocycles. The third-order valence-electron chi connectivity index (χ3n) is 22.8. The molecule has 9 atom stereocenters. The number of hydrogen-bond acceptors (Lipinski definition) is 22. The van der Waals surface area contributed by atoms with E-state index in [4.69, 9.17) is 38.6 Å². The molecule has 29 nitrogen and oxygen atoms in total. The number of amides is 7. The van der Waals surface area contributed by atoms with Gasteiger partial charge in [-0.3, -0.25) is 57.5 Å². The standard InChI is InChI=1S/C32H36F3N3O7.C31H33F3N4O6.C30H37N3O6.9H2S/c33-32(34,35)31(43)36-19-28(40)25-20-44-14-15-45-24-9-4-8-22(16-24)17-26(38-13-5-10-29(38)41)27(39)18-23(30(42)37-25)12-11-21-6-2-1-3-7-21;32-31(33,34)30-37-36-29(44-30)24-19-42-14-15-43-23-9-4-8-21(16-23)17-25(38-13-5-10-27(38)40)26(39)18-22(28(41)35-24)12-11-20-6-2-1-3-7-20;31-19-28(35)25-20-38-14-15-39-24-9-4-8-22(16-24)17-26(33-13-5-10-29(33)36)27(34)18-23(30(37)32-25)12-11-21-6-2-1-3-7-21;;;;;;;;;/h1-4,6-9,16,23,25-26H,5,10-15,17-20H2,(H,36,43)(H,37,42);1-4,6-9,16,22,24-25H,5,10-15,17-19H2,(H,35,41);1-4,6-9,16,23,25-26H,5,10-15,17-20,31H2,(H,32,37);9*1H2/t23-,25+,26+;22-,24+,25+;23-,25+,26+;;;;;;;;;/m111........./s1. The summed E-state index contributed by atoms with van der Waals surface area (Å²) >= 11 is 0. The van der Waals surface area contributed by atoms with Crippen molar-refractivity contribution in [3.05, 3.63) is 209 Å². The highest BCUT2D eigenvalue weighted by molar-refractivity contribution is 7.60. The van der Waals surface area contributed by atoms with Crippen molar-refractivity contribution in [2.45, 2.75) is 164 Å². The van der Waals surface area contributed by atoms with Crippen molar-refractivity contribution in [3.63, 3.8) is 0 Å². The summed E-state index contributed by atoms with van der Waals surface area (Å²) in [5.74, 6) is -9.14. The zero-order valence-corrected chi connectivity index (χ0v) is 84.2. The molecule has 7 heterocycles. The summed E-state index contributed by atoms with van der Waals surface area (Å²) in [5, 5.41) is 16.2. The summed E-state index contributed by atoms with van der Waals surface area (Å²) in [7, 11) is 0. The number of ether oxygens (including phenoxy) is 6. The summed E-state index contributed by atoms with van der Waals surface area (Å²) in [6.07, 6.45) is -4.33. The van der Waals surface area contributed by atoms with Crippen LogP contribution < -0.4 is 41.2 Å². The number of alkyl halides is 6. The summed E-state index contributed by atoms with van der Waals surface area (Å²) in [6, 6.07) is 44.3. The lowest BCUT2D eigenvalue weighted by atomic mass is 9.89. The van der Waals surface area contributed by atoms with Gasteiger partial charge in [0.2, 0.25) is 41.3 Å².